The predicted molar refractivity (Wildman–Crippen MR) is 61.6 cm³/mol. The van der Waals surface area contributed by atoms with Gasteiger partial charge in [0.2, 0.25) is 0 Å². The van der Waals surface area contributed by atoms with Crippen LogP contribution >= 0.6 is 23.1 Å². The summed E-state index contributed by atoms with van der Waals surface area (Å²) < 4.78 is 0. The van der Waals surface area contributed by atoms with Crippen molar-refractivity contribution in [2.75, 3.05) is 5.75 Å². The standard InChI is InChI=1S/C10H16OS2/c1-8(2)13-7-10(11)5-9-3-4-12-6-9/h3-4,6,8,10-11H,5,7H2,1-2H3. The third-order valence-corrected chi connectivity index (χ3v) is 3.65. The van der Waals surface area contributed by atoms with Crippen molar-refractivity contribution in [2.24, 2.45) is 0 Å². The van der Waals surface area contributed by atoms with Crippen LogP contribution in [0.3, 0.4) is 0 Å². The second-order valence-corrected chi connectivity index (χ2v) is 5.76. The number of aliphatic hydroxyl groups is 1. The molecule has 0 aromatic carbocycles. The summed E-state index contributed by atoms with van der Waals surface area (Å²) in [6, 6.07) is 2.08. The highest BCUT2D eigenvalue weighted by Crippen LogP contribution is 2.14. The SMILES string of the molecule is CC(C)SCC(O)Cc1ccsc1. The minimum atomic E-state index is -0.193. The van der Waals surface area contributed by atoms with Gasteiger partial charge < -0.3 is 5.11 Å². The van der Waals surface area contributed by atoms with Crippen molar-refractivity contribution in [1.29, 1.82) is 0 Å². The van der Waals surface area contributed by atoms with Crippen LogP contribution in [0.25, 0.3) is 0 Å². The lowest BCUT2D eigenvalue weighted by Gasteiger charge is -2.10. The molecule has 0 fully saturated rings. The molecule has 0 aliphatic rings. The van der Waals surface area contributed by atoms with Crippen molar-refractivity contribution in [3.05, 3.63) is 22.4 Å². The Bertz CT molecular complexity index is 219. The van der Waals surface area contributed by atoms with Gasteiger partial charge in [0, 0.05) is 5.75 Å². The van der Waals surface area contributed by atoms with Crippen LogP contribution in [0.2, 0.25) is 0 Å². The zero-order chi connectivity index (χ0) is 9.68. The number of hydrogen-bond donors (Lipinski definition) is 1. The molecule has 0 radical (unpaired) electrons. The molecule has 1 N–H and O–H groups in total. The fourth-order valence-electron chi connectivity index (χ4n) is 1.04. The van der Waals surface area contributed by atoms with E-state index in [-0.39, 0.29) is 6.10 Å². The molecule has 0 saturated heterocycles. The van der Waals surface area contributed by atoms with Crippen LogP contribution in [0.4, 0.5) is 0 Å². The molecule has 0 spiro atoms. The van der Waals surface area contributed by atoms with Crippen LogP contribution in [0.1, 0.15) is 19.4 Å². The number of rotatable bonds is 5. The third kappa shape index (κ3) is 4.69. The highest BCUT2D eigenvalue weighted by Gasteiger charge is 2.06. The summed E-state index contributed by atoms with van der Waals surface area (Å²) in [4.78, 5) is 0. The molecular weight excluding hydrogens is 200 g/mol. The van der Waals surface area contributed by atoms with E-state index in [1.54, 1.807) is 11.3 Å². The molecule has 3 heteroatoms. The first-order valence-electron chi connectivity index (χ1n) is 4.49. The van der Waals surface area contributed by atoms with Crippen LogP contribution in [0, 0.1) is 0 Å². The first-order chi connectivity index (χ1) is 6.18. The zero-order valence-corrected chi connectivity index (χ0v) is 9.70. The molecule has 1 aromatic heterocycles. The summed E-state index contributed by atoms with van der Waals surface area (Å²) in [6.45, 7) is 4.31. The molecule has 0 bridgehead atoms. The van der Waals surface area contributed by atoms with Gasteiger partial charge in [0.1, 0.15) is 0 Å². The molecule has 0 aliphatic heterocycles. The number of hydrogen-bond acceptors (Lipinski definition) is 3. The quantitative estimate of drug-likeness (QED) is 0.816. The van der Waals surface area contributed by atoms with Crippen molar-refractivity contribution in [1.82, 2.24) is 0 Å². The molecule has 1 nitrogen and oxygen atoms in total. The average Bonchev–Trinajstić information content (AvgIpc) is 2.53. The van der Waals surface area contributed by atoms with E-state index >= 15 is 0 Å². The Morgan fingerprint density at radius 1 is 1.54 bits per heavy atom. The van der Waals surface area contributed by atoms with Crippen molar-refractivity contribution in [3.63, 3.8) is 0 Å². The van der Waals surface area contributed by atoms with Crippen LogP contribution < -0.4 is 0 Å². The van der Waals surface area contributed by atoms with Gasteiger partial charge in [-0.3, -0.25) is 0 Å². The maximum absolute atomic E-state index is 9.65. The van der Waals surface area contributed by atoms with E-state index in [4.69, 9.17) is 0 Å². The highest BCUT2D eigenvalue weighted by molar-refractivity contribution is 7.99. The Balaban J connectivity index is 2.22. The molecule has 13 heavy (non-hydrogen) atoms. The van der Waals surface area contributed by atoms with E-state index in [0.29, 0.717) is 5.25 Å². The Kier molecular flexibility index (Phi) is 4.84. The van der Waals surface area contributed by atoms with Crippen molar-refractivity contribution >= 4 is 23.1 Å². The van der Waals surface area contributed by atoms with Crippen LogP contribution in [-0.2, 0) is 6.42 Å². The van der Waals surface area contributed by atoms with Crippen molar-refractivity contribution in [3.8, 4) is 0 Å². The fourth-order valence-corrected chi connectivity index (χ4v) is 2.45. The zero-order valence-electron chi connectivity index (χ0n) is 8.06. The summed E-state index contributed by atoms with van der Waals surface area (Å²) in [7, 11) is 0. The maximum atomic E-state index is 9.65. The third-order valence-electron chi connectivity index (χ3n) is 1.67. The topological polar surface area (TPSA) is 20.2 Å². The first kappa shape index (κ1) is 11.1. The molecule has 0 aliphatic carbocycles. The van der Waals surface area contributed by atoms with E-state index in [9.17, 15) is 5.11 Å². The minimum absolute atomic E-state index is 0.193. The second-order valence-electron chi connectivity index (χ2n) is 3.37. The summed E-state index contributed by atoms with van der Waals surface area (Å²) >= 11 is 3.50. The molecule has 1 aromatic rings. The van der Waals surface area contributed by atoms with E-state index in [0.717, 1.165) is 12.2 Å². The summed E-state index contributed by atoms with van der Waals surface area (Å²) in [5.74, 6) is 0.841. The lowest BCUT2D eigenvalue weighted by atomic mass is 10.2. The molecule has 1 rings (SSSR count). The number of thiophene rings is 1. The van der Waals surface area contributed by atoms with Gasteiger partial charge in [-0.2, -0.15) is 23.1 Å². The average molecular weight is 216 g/mol. The summed E-state index contributed by atoms with van der Waals surface area (Å²) in [5.41, 5.74) is 1.25. The molecular formula is C10H16OS2. The normalized spacial score (nSPS) is 13.5. The van der Waals surface area contributed by atoms with E-state index in [2.05, 4.69) is 30.7 Å². The fraction of sp³-hybridized carbons (Fsp3) is 0.600. The van der Waals surface area contributed by atoms with Crippen LogP contribution in [0.5, 0.6) is 0 Å². The van der Waals surface area contributed by atoms with Crippen molar-refractivity contribution in [2.45, 2.75) is 31.6 Å². The van der Waals surface area contributed by atoms with Gasteiger partial charge in [-0.1, -0.05) is 13.8 Å². The number of thioether (sulfide) groups is 1. The van der Waals surface area contributed by atoms with Gasteiger partial charge in [-0.15, -0.1) is 0 Å². The lowest BCUT2D eigenvalue weighted by Crippen LogP contribution is -2.14. The second kappa shape index (κ2) is 5.68. The number of aliphatic hydroxyl groups excluding tert-OH is 1. The first-order valence-corrected chi connectivity index (χ1v) is 6.48. The predicted octanol–water partition coefficient (Wildman–Crippen LogP) is 2.79. The Morgan fingerprint density at radius 3 is 2.85 bits per heavy atom. The van der Waals surface area contributed by atoms with Crippen LogP contribution in [0.15, 0.2) is 16.8 Å². The van der Waals surface area contributed by atoms with Gasteiger partial charge in [-0.25, -0.2) is 0 Å². The lowest BCUT2D eigenvalue weighted by molar-refractivity contribution is 0.200. The molecule has 0 amide bonds. The van der Waals surface area contributed by atoms with Crippen molar-refractivity contribution < 1.29 is 5.11 Å². The largest absolute Gasteiger partial charge is 0.392 e. The van der Waals surface area contributed by atoms with Gasteiger partial charge in [-0.05, 0) is 34.1 Å². The Hall–Kier alpha value is 0.01000. The van der Waals surface area contributed by atoms with E-state index in [1.165, 1.54) is 5.56 Å². The molecule has 1 atom stereocenters. The van der Waals surface area contributed by atoms with Crippen LogP contribution in [-0.4, -0.2) is 22.2 Å². The molecule has 74 valence electrons. The minimum Gasteiger partial charge on any atom is -0.392 e. The summed E-state index contributed by atoms with van der Waals surface area (Å²) in [6.07, 6.45) is 0.602. The van der Waals surface area contributed by atoms with Gasteiger partial charge in [0.25, 0.3) is 0 Å². The van der Waals surface area contributed by atoms with E-state index in [1.807, 2.05) is 11.8 Å². The van der Waals surface area contributed by atoms with E-state index < -0.39 is 0 Å². The Morgan fingerprint density at radius 2 is 2.31 bits per heavy atom. The molecule has 1 heterocycles. The highest BCUT2D eigenvalue weighted by atomic mass is 32.2. The van der Waals surface area contributed by atoms with Gasteiger partial charge >= 0.3 is 0 Å². The van der Waals surface area contributed by atoms with Gasteiger partial charge in [0.05, 0.1) is 6.10 Å². The monoisotopic (exact) mass is 216 g/mol. The summed E-state index contributed by atoms with van der Waals surface area (Å²) in [5, 5.41) is 14.4. The molecule has 0 saturated carbocycles. The van der Waals surface area contributed by atoms with Gasteiger partial charge in [0.15, 0.2) is 0 Å². The smallest absolute Gasteiger partial charge is 0.0671 e. The molecule has 1 unspecified atom stereocenters. The Labute approximate surface area is 88.2 Å². The maximum Gasteiger partial charge on any atom is 0.0671 e.